The van der Waals surface area contributed by atoms with Crippen molar-refractivity contribution in [1.29, 1.82) is 0 Å². The van der Waals surface area contributed by atoms with E-state index in [-0.39, 0.29) is 0 Å². The lowest BCUT2D eigenvalue weighted by Crippen LogP contribution is -2.51. The van der Waals surface area contributed by atoms with Gasteiger partial charge in [-0.3, -0.25) is 9.47 Å². The van der Waals surface area contributed by atoms with Gasteiger partial charge in [0.25, 0.3) is 0 Å². The van der Waals surface area contributed by atoms with Gasteiger partial charge in [-0.15, -0.1) is 0 Å². The van der Waals surface area contributed by atoms with Gasteiger partial charge >= 0.3 is 0 Å². The van der Waals surface area contributed by atoms with Gasteiger partial charge in [-0.25, -0.2) is 4.98 Å². The van der Waals surface area contributed by atoms with Gasteiger partial charge in [0.15, 0.2) is 5.11 Å². The molecule has 0 unspecified atom stereocenters. The minimum absolute atomic E-state index is 0.629. The Morgan fingerprint density at radius 1 is 1.25 bits per heavy atom. The average Bonchev–Trinajstić information content (AvgIpc) is 2.81. The maximum Gasteiger partial charge on any atom is 0.181 e. The second-order valence-corrected chi connectivity index (χ2v) is 4.73. The van der Waals surface area contributed by atoms with E-state index in [1.165, 1.54) is 0 Å². The van der Waals surface area contributed by atoms with Gasteiger partial charge in [0.2, 0.25) is 0 Å². The molecule has 0 amide bonds. The summed E-state index contributed by atoms with van der Waals surface area (Å²) in [6.07, 6.45) is 5.42. The Bertz CT molecular complexity index is 339. The van der Waals surface area contributed by atoms with Crippen molar-refractivity contribution >= 4 is 17.3 Å². The largest absolute Gasteiger partial charge is 0.346 e. The van der Waals surface area contributed by atoms with Gasteiger partial charge in [-0.05, 0) is 26.1 Å². The minimum Gasteiger partial charge on any atom is -0.346 e. The molecule has 0 bridgehead atoms. The number of piperazine rings is 1. The molecule has 0 atom stereocenters. The summed E-state index contributed by atoms with van der Waals surface area (Å²) in [7, 11) is 0. The zero-order valence-electron chi connectivity index (χ0n) is 9.83. The summed E-state index contributed by atoms with van der Waals surface area (Å²) in [5.41, 5.74) is 0. The molecule has 1 aromatic heterocycles. The van der Waals surface area contributed by atoms with Gasteiger partial charge in [0, 0.05) is 44.6 Å². The summed E-state index contributed by atoms with van der Waals surface area (Å²) in [6.45, 7) is 8.68. The first-order valence-corrected chi connectivity index (χ1v) is 6.10. The topological polar surface area (TPSA) is 24.3 Å². The molecule has 4 nitrogen and oxygen atoms in total. The lowest BCUT2D eigenvalue weighted by molar-refractivity contribution is 0.148. The molecule has 1 aliphatic heterocycles. The number of imidazole rings is 1. The van der Waals surface area contributed by atoms with Crippen LogP contribution in [-0.4, -0.2) is 56.7 Å². The molecule has 88 valence electrons. The average molecular weight is 238 g/mol. The molecule has 0 aliphatic carbocycles. The first-order valence-electron chi connectivity index (χ1n) is 5.70. The van der Waals surface area contributed by atoms with Gasteiger partial charge in [-0.1, -0.05) is 0 Å². The van der Waals surface area contributed by atoms with Gasteiger partial charge < -0.3 is 4.90 Å². The van der Waals surface area contributed by atoms with Crippen LogP contribution in [0.15, 0.2) is 18.7 Å². The standard InChI is InChI=1S/C11H18N4S/c1-10(2)13-5-7-14(8-6-13)11(16)15-4-3-12-9-15/h3-4,9-10H,5-8H2,1-2H3. The zero-order valence-corrected chi connectivity index (χ0v) is 10.7. The van der Waals surface area contributed by atoms with Crippen LogP contribution >= 0.6 is 12.2 Å². The number of rotatable bonds is 1. The van der Waals surface area contributed by atoms with E-state index in [1.807, 2.05) is 10.8 Å². The van der Waals surface area contributed by atoms with Crippen LogP contribution in [0.5, 0.6) is 0 Å². The van der Waals surface area contributed by atoms with E-state index in [0.717, 1.165) is 31.3 Å². The van der Waals surface area contributed by atoms with Crippen molar-refractivity contribution in [3.05, 3.63) is 18.7 Å². The summed E-state index contributed by atoms with van der Waals surface area (Å²) in [5.74, 6) is 0. The molecule has 5 heteroatoms. The Labute approximate surface area is 102 Å². The Balaban J connectivity index is 1.92. The molecule has 1 aliphatic rings. The third-order valence-corrected chi connectivity index (χ3v) is 3.51. The Morgan fingerprint density at radius 2 is 1.94 bits per heavy atom. The fraction of sp³-hybridized carbons (Fsp3) is 0.636. The molecule has 0 radical (unpaired) electrons. The summed E-state index contributed by atoms with van der Waals surface area (Å²) in [6, 6.07) is 0.629. The van der Waals surface area contributed by atoms with E-state index in [9.17, 15) is 0 Å². The van der Waals surface area contributed by atoms with Crippen molar-refractivity contribution in [2.75, 3.05) is 26.2 Å². The number of hydrogen-bond donors (Lipinski definition) is 0. The molecular weight excluding hydrogens is 220 g/mol. The Morgan fingerprint density at radius 3 is 2.44 bits per heavy atom. The molecule has 1 aromatic rings. The summed E-state index contributed by atoms with van der Waals surface area (Å²) >= 11 is 5.43. The van der Waals surface area contributed by atoms with Crippen LogP contribution < -0.4 is 0 Å². The maximum atomic E-state index is 5.43. The van der Waals surface area contributed by atoms with Crippen molar-refractivity contribution in [2.45, 2.75) is 19.9 Å². The predicted molar refractivity (Wildman–Crippen MR) is 68.5 cm³/mol. The van der Waals surface area contributed by atoms with Crippen LogP contribution in [0, 0.1) is 0 Å². The second kappa shape index (κ2) is 4.93. The van der Waals surface area contributed by atoms with Crippen LogP contribution in [0.3, 0.4) is 0 Å². The van der Waals surface area contributed by atoms with Crippen molar-refractivity contribution in [3.63, 3.8) is 0 Å². The van der Waals surface area contributed by atoms with E-state index < -0.39 is 0 Å². The first kappa shape index (κ1) is 11.5. The molecule has 0 aromatic carbocycles. The number of hydrogen-bond acceptors (Lipinski definition) is 3. The normalized spacial score (nSPS) is 18.1. The van der Waals surface area contributed by atoms with Crippen LogP contribution in [-0.2, 0) is 0 Å². The molecule has 0 spiro atoms. The van der Waals surface area contributed by atoms with Crippen LogP contribution in [0.1, 0.15) is 13.8 Å². The van der Waals surface area contributed by atoms with Crippen molar-refractivity contribution in [2.24, 2.45) is 0 Å². The van der Waals surface area contributed by atoms with E-state index in [0.29, 0.717) is 6.04 Å². The highest BCUT2D eigenvalue weighted by Gasteiger charge is 2.20. The van der Waals surface area contributed by atoms with E-state index in [1.54, 1.807) is 12.5 Å². The SMILES string of the molecule is CC(C)N1CCN(C(=S)n2ccnc2)CC1. The molecule has 1 fully saturated rings. The third kappa shape index (κ3) is 2.41. The van der Waals surface area contributed by atoms with Crippen molar-refractivity contribution < 1.29 is 0 Å². The maximum absolute atomic E-state index is 5.43. The van der Waals surface area contributed by atoms with Crippen LogP contribution in [0.2, 0.25) is 0 Å². The summed E-state index contributed by atoms with van der Waals surface area (Å²) < 4.78 is 1.90. The number of thiocarbonyl (C=S) groups is 1. The lowest BCUT2D eigenvalue weighted by Gasteiger charge is -2.38. The van der Waals surface area contributed by atoms with E-state index in [4.69, 9.17) is 12.2 Å². The Hall–Kier alpha value is -0.940. The summed E-state index contributed by atoms with van der Waals surface area (Å²) in [5, 5.41) is 0.862. The Kier molecular flexibility index (Phi) is 3.56. The highest BCUT2D eigenvalue weighted by molar-refractivity contribution is 7.80. The number of nitrogens with zero attached hydrogens (tertiary/aromatic N) is 4. The summed E-state index contributed by atoms with van der Waals surface area (Å²) in [4.78, 5) is 8.74. The molecule has 2 rings (SSSR count). The van der Waals surface area contributed by atoms with E-state index >= 15 is 0 Å². The van der Waals surface area contributed by atoms with Crippen molar-refractivity contribution in [1.82, 2.24) is 19.4 Å². The highest BCUT2D eigenvalue weighted by atomic mass is 32.1. The first-order chi connectivity index (χ1) is 7.68. The molecule has 16 heavy (non-hydrogen) atoms. The predicted octanol–water partition coefficient (Wildman–Crippen LogP) is 1.04. The molecular formula is C11H18N4S. The monoisotopic (exact) mass is 238 g/mol. The number of aromatic nitrogens is 2. The molecule has 2 heterocycles. The molecule has 0 N–H and O–H groups in total. The van der Waals surface area contributed by atoms with Gasteiger partial charge in [0.1, 0.15) is 6.33 Å². The second-order valence-electron chi connectivity index (χ2n) is 4.37. The third-order valence-electron chi connectivity index (χ3n) is 3.04. The van der Waals surface area contributed by atoms with E-state index in [2.05, 4.69) is 28.6 Å². The molecule has 1 saturated heterocycles. The lowest BCUT2D eigenvalue weighted by atomic mass is 10.2. The van der Waals surface area contributed by atoms with Crippen molar-refractivity contribution in [3.8, 4) is 0 Å². The fourth-order valence-corrected chi connectivity index (χ4v) is 2.26. The van der Waals surface area contributed by atoms with Gasteiger partial charge in [0.05, 0.1) is 0 Å². The van der Waals surface area contributed by atoms with Crippen LogP contribution in [0.25, 0.3) is 0 Å². The fourth-order valence-electron chi connectivity index (χ4n) is 1.97. The zero-order chi connectivity index (χ0) is 11.5. The highest BCUT2D eigenvalue weighted by Crippen LogP contribution is 2.07. The minimum atomic E-state index is 0.629. The quantitative estimate of drug-likeness (QED) is 0.682. The van der Waals surface area contributed by atoms with Crippen LogP contribution in [0.4, 0.5) is 0 Å². The molecule has 0 saturated carbocycles. The smallest absolute Gasteiger partial charge is 0.181 e. The van der Waals surface area contributed by atoms with Gasteiger partial charge in [-0.2, -0.15) is 0 Å².